The SMILES string of the molecule is Fc1cccc(C=NCC2COc3ccccc3O2)c1. The molecule has 4 heteroatoms. The summed E-state index contributed by atoms with van der Waals surface area (Å²) in [5, 5.41) is 0. The second-order valence-electron chi connectivity index (χ2n) is 4.55. The molecule has 0 N–H and O–H groups in total. The van der Waals surface area contributed by atoms with Gasteiger partial charge in [-0.1, -0.05) is 24.3 Å². The van der Waals surface area contributed by atoms with E-state index >= 15 is 0 Å². The van der Waals surface area contributed by atoms with Crippen LogP contribution in [-0.2, 0) is 0 Å². The number of hydrogen-bond donors (Lipinski definition) is 0. The van der Waals surface area contributed by atoms with E-state index in [1.807, 2.05) is 24.3 Å². The zero-order valence-electron chi connectivity index (χ0n) is 10.8. The lowest BCUT2D eigenvalue weighted by Crippen LogP contribution is -2.31. The summed E-state index contributed by atoms with van der Waals surface area (Å²) in [6, 6.07) is 13.9. The monoisotopic (exact) mass is 271 g/mol. The molecule has 102 valence electrons. The number of nitrogens with zero attached hydrogens (tertiary/aromatic N) is 1. The molecule has 20 heavy (non-hydrogen) atoms. The van der Waals surface area contributed by atoms with Crippen LogP contribution in [0.1, 0.15) is 5.56 Å². The maximum atomic E-state index is 13.0. The Hall–Kier alpha value is -2.36. The van der Waals surface area contributed by atoms with Gasteiger partial charge in [-0.3, -0.25) is 4.99 Å². The van der Waals surface area contributed by atoms with Gasteiger partial charge in [-0.15, -0.1) is 0 Å². The fourth-order valence-electron chi connectivity index (χ4n) is 2.02. The largest absolute Gasteiger partial charge is 0.486 e. The van der Waals surface area contributed by atoms with Crippen molar-refractivity contribution in [3.05, 3.63) is 59.9 Å². The van der Waals surface area contributed by atoms with Crippen LogP contribution >= 0.6 is 0 Å². The van der Waals surface area contributed by atoms with Gasteiger partial charge in [-0.2, -0.15) is 0 Å². The molecular formula is C16H14FNO2. The number of para-hydroxylation sites is 2. The van der Waals surface area contributed by atoms with E-state index in [1.54, 1.807) is 18.3 Å². The molecule has 0 spiro atoms. The molecule has 0 bridgehead atoms. The van der Waals surface area contributed by atoms with Gasteiger partial charge in [0.2, 0.25) is 0 Å². The molecule has 2 aromatic carbocycles. The fourth-order valence-corrected chi connectivity index (χ4v) is 2.02. The van der Waals surface area contributed by atoms with E-state index in [-0.39, 0.29) is 11.9 Å². The van der Waals surface area contributed by atoms with Crippen molar-refractivity contribution in [2.75, 3.05) is 13.2 Å². The number of ether oxygens (including phenoxy) is 2. The molecule has 1 unspecified atom stereocenters. The van der Waals surface area contributed by atoms with E-state index in [0.29, 0.717) is 13.2 Å². The van der Waals surface area contributed by atoms with Gasteiger partial charge in [0, 0.05) is 6.21 Å². The van der Waals surface area contributed by atoms with E-state index in [9.17, 15) is 4.39 Å². The average Bonchev–Trinajstić information content (AvgIpc) is 2.47. The molecule has 0 aromatic heterocycles. The third kappa shape index (κ3) is 2.96. The summed E-state index contributed by atoms with van der Waals surface area (Å²) >= 11 is 0. The van der Waals surface area contributed by atoms with E-state index < -0.39 is 0 Å². The van der Waals surface area contributed by atoms with Crippen molar-refractivity contribution >= 4 is 6.21 Å². The smallest absolute Gasteiger partial charge is 0.161 e. The van der Waals surface area contributed by atoms with Gasteiger partial charge in [0.15, 0.2) is 17.6 Å². The summed E-state index contributed by atoms with van der Waals surface area (Å²) in [6.45, 7) is 0.947. The summed E-state index contributed by atoms with van der Waals surface area (Å²) < 4.78 is 24.4. The highest BCUT2D eigenvalue weighted by Crippen LogP contribution is 2.30. The summed E-state index contributed by atoms with van der Waals surface area (Å²) in [5.41, 5.74) is 0.738. The predicted molar refractivity (Wildman–Crippen MR) is 75.2 cm³/mol. The zero-order valence-corrected chi connectivity index (χ0v) is 10.8. The van der Waals surface area contributed by atoms with Gasteiger partial charge < -0.3 is 9.47 Å². The number of fused-ring (bicyclic) bond motifs is 1. The summed E-state index contributed by atoms with van der Waals surface area (Å²) in [5.74, 6) is 1.24. The summed E-state index contributed by atoms with van der Waals surface area (Å²) in [4.78, 5) is 4.28. The first-order valence-corrected chi connectivity index (χ1v) is 6.45. The second-order valence-corrected chi connectivity index (χ2v) is 4.55. The van der Waals surface area contributed by atoms with Crippen LogP contribution in [0.15, 0.2) is 53.5 Å². The Morgan fingerprint density at radius 1 is 1.15 bits per heavy atom. The normalized spacial score (nSPS) is 17.4. The summed E-state index contributed by atoms with van der Waals surface area (Å²) in [6.07, 6.45) is 1.53. The molecular weight excluding hydrogens is 257 g/mol. The molecule has 0 fully saturated rings. The van der Waals surface area contributed by atoms with Crippen molar-refractivity contribution in [3.63, 3.8) is 0 Å². The van der Waals surface area contributed by atoms with Crippen LogP contribution < -0.4 is 9.47 Å². The number of rotatable bonds is 3. The van der Waals surface area contributed by atoms with Crippen molar-refractivity contribution in [1.29, 1.82) is 0 Å². The first-order valence-electron chi connectivity index (χ1n) is 6.45. The van der Waals surface area contributed by atoms with Gasteiger partial charge in [0.1, 0.15) is 12.4 Å². The minimum Gasteiger partial charge on any atom is -0.486 e. The highest BCUT2D eigenvalue weighted by molar-refractivity contribution is 5.79. The number of aliphatic imine (C=N–C) groups is 1. The fraction of sp³-hybridized carbons (Fsp3) is 0.188. The zero-order chi connectivity index (χ0) is 13.8. The quantitative estimate of drug-likeness (QED) is 0.803. The molecule has 2 aromatic rings. The van der Waals surface area contributed by atoms with E-state index in [2.05, 4.69) is 4.99 Å². The number of benzene rings is 2. The molecule has 0 amide bonds. The van der Waals surface area contributed by atoms with Crippen LogP contribution in [0.4, 0.5) is 4.39 Å². The van der Waals surface area contributed by atoms with E-state index in [1.165, 1.54) is 12.1 Å². The maximum absolute atomic E-state index is 13.0. The minimum atomic E-state index is -0.264. The van der Waals surface area contributed by atoms with Crippen LogP contribution in [0.2, 0.25) is 0 Å². The van der Waals surface area contributed by atoms with Crippen LogP contribution in [0.25, 0.3) is 0 Å². The molecule has 0 saturated carbocycles. The minimum absolute atomic E-state index is 0.116. The van der Waals surface area contributed by atoms with Crippen LogP contribution in [0.3, 0.4) is 0 Å². The average molecular weight is 271 g/mol. The van der Waals surface area contributed by atoms with Crippen LogP contribution in [0.5, 0.6) is 11.5 Å². The molecule has 0 radical (unpaired) electrons. The lowest BCUT2D eigenvalue weighted by atomic mass is 10.2. The Morgan fingerprint density at radius 3 is 2.85 bits per heavy atom. The van der Waals surface area contributed by atoms with Crippen LogP contribution in [0, 0.1) is 5.82 Å². The molecule has 1 aliphatic rings. The first-order chi connectivity index (χ1) is 9.81. The Balaban J connectivity index is 1.60. The van der Waals surface area contributed by atoms with Crippen molar-refractivity contribution in [3.8, 4) is 11.5 Å². The standard InChI is InChI=1S/C16H14FNO2/c17-13-5-3-4-12(8-13)9-18-10-14-11-19-15-6-1-2-7-16(15)20-14/h1-9,14H,10-11H2. The summed E-state index contributed by atoms with van der Waals surface area (Å²) in [7, 11) is 0. The third-order valence-electron chi connectivity index (χ3n) is 2.97. The third-order valence-corrected chi connectivity index (χ3v) is 2.97. The molecule has 1 heterocycles. The van der Waals surface area contributed by atoms with Crippen LogP contribution in [-0.4, -0.2) is 25.5 Å². The first kappa shape index (κ1) is 12.7. The number of halogens is 1. The molecule has 3 nitrogen and oxygen atoms in total. The molecule has 1 aliphatic heterocycles. The topological polar surface area (TPSA) is 30.8 Å². The van der Waals surface area contributed by atoms with Gasteiger partial charge in [-0.05, 0) is 29.8 Å². The van der Waals surface area contributed by atoms with Gasteiger partial charge in [0.25, 0.3) is 0 Å². The highest BCUT2D eigenvalue weighted by atomic mass is 19.1. The molecule has 1 atom stereocenters. The Morgan fingerprint density at radius 2 is 2.00 bits per heavy atom. The molecule has 0 aliphatic carbocycles. The number of hydrogen-bond acceptors (Lipinski definition) is 3. The lowest BCUT2D eigenvalue weighted by Gasteiger charge is -2.25. The van der Waals surface area contributed by atoms with E-state index in [4.69, 9.17) is 9.47 Å². The Bertz CT molecular complexity index is 627. The van der Waals surface area contributed by atoms with Gasteiger partial charge in [0.05, 0.1) is 6.54 Å². The second kappa shape index (κ2) is 5.74. The van der Waals surface area contributed by atoms with Crippen molar-refractivity contribution in [1.82, 2.24) is 0 Å². The lowest BCUT2D eigenvalue weighted by molar-refractivity contribution is 0.0973. The Labute approximate surface area is 116 Å². The van der Waals surface area contributed by atoms with Crippen molar-refractivity contribution in [2.45, 2.75) is 6.10 Å². The molecule has 3 rings (SSSR count). The Kier molecular flexibility index (Phi) is 3.63. The highest BCUT2D eigenvalue weighted by Gasteiger charge is 2.19. The molecule has 0 saturated heterocycles. The van der Waals surface area contributed by atoms with Gasteiger partial charge >= 0.3 is 0 Å². The van der Waals surface area contributed by atoms with Crippen molar-refractivity contribution < 1.29 is 13.9 Å². The van der Waals surface area contributed by atoms with Crippen molar-refractivity contribution in [2.24, 2.45) is 4.99 Å². The maximum Gasteiger partial charge on any atom is 0.161 e. The van der Waals surface area contributed by atoms with E-state index in [0.717, 1.165) is 17.1 Å². The van der Waals surface area contributed by atoms with Gasteiger partial charge in [-0.25, -0.2) is 4.39 Å². The predicted octanol–water partition coefficient (Wildman–Crippen LogP) is 3.08.